The first-order chi connectivity index (χ1) is 8.75. The number of rotatable bonds is 3. The van der Waals surface area contributed by atoms with E-state index < -0.39 is 0 Å². The molecule has 0 saturated carbocycles. The Morgan fingerprint density at radius 1 is 1.10 bits per heavy atom. The Hall–Kier alpha value is -0.300. The van der Waals surface area contributed by atoms with Crippen molar-refractivity contribution in [3.63, 3.8) is 0 Å². The molecule has 3 nitrogen and oxygen atoms in total. The maximum atomic E-state index is 4.76. The van der Waals surface area contributed by atoms with Gasteiger partial charge in [0.1, 0.15) is 0 Å². The highest BCUT2D eigenvalue weighted by atomic mass is 127. The summed E-state index contributed by atoms with van der Waals surface area (Å²) in [7, 11) is 8.07. The van der Waals surface area contributed by atoms with Gasteiger partial charge in [-0.2, -0.15) is 0 Å². The predicted molar refractivity (Wildman–Crippen MR) is 102 cm³/mol. The molecule has 0 aliphatic heterocycles. The van der Waals surface area contributed by atoms with Crippen LogP contribution in [-0.4, -0.2) is 50.5 Å². The lowest BCUT2D eigenvalue weighted by atomic mass is 9.85. The lowest BCUT2D eigenvalue weighted by Gasteiger charge is -2.28. The lowest BCUT2D eigenvalue weighted by molar-refractivity contribution is 0.464. The van der Waals surface area contributed by atoms with Crippen molar-refractivity contribution < 1.29 is 0 Å². The number of aliphatic imine (C=N–C) groups is 1. The Kier molecular flexibility index (Phi) is 8.09. The first-order valence-corrected chi connectivity index (χ1v) is 7.19. The topological polar surface area (TPSA) is 18.8 Å². The van der Waals surface area contributed by atoms with Crippen molar-refractivity contribution >= 4 is 45.9 Å². The van der Waals surface area contributed by atoms with E-state index in [1.165, 1.54) is 5.56 Å². The first kappa shape index (κ1) is 19.7. The van der Waals surface area contributed by atoms with Crippen molar-refractivity contribution in [3.8, 4) is 0 Å². The van der Waals surface area contributed by atoms with Crippen molar-refractivity contribution in [2.75, 3.05) is 34.7 Å². The Morgan fingerprint density at radius 3 is 2.05 bits per heavy atom. The summed E-state index contributed by atoms with van der Waals surface area (Å²) in [5, 5.41) is 0. The van der Waals surface area contributed by atoms with Crippen LogP contribution in [0.25, 0.3) is 0 Å². The molecule has 0 aliphatic rings. The van der Waals surface area contributed by atoms with Crippen molar-refractivity contribution in [2.45, 2.75) is 19.3 Å². The van der Waals surface area contributed by atoms with Crippen LogP contribution in [-0.2, 0) is 5.41 Å². The summed E-state index contributed by atoms with van der Waals surface area (Å²) < 4.78 is 1.14. The zero-order chi connectivity index (χ0) is 14.6. The maximum Gasteiger partial charge on any atom is 0.195 e. The minimum absolute atomic E-state index is 0. The van der Waals surface area contributed by atoms with Gasteiger partial charge in [-0.15, -0.1) is 24.0 Å². The van der Waals surface area contributed by atoms with Gasteiger partial charge in [0.05, 0.1) is 6.54 Å². The Labute approximate surface area is 148 Å². The van der Waals surface area contributed by atoms with E-state index in [1.54, 1.807) is 0 Å². The van der Waals surface area contributed by atoms with Crippen LogP contribution in [0.2, 0.25) is 0 Å². The number of benzene rings is 1. The van der Waals surface area contributed by atoms with Gasteiger partial charge in [0.25, 0.3) is 0 Å². The van der Waals surface area contributed by atoms with Crippen molar-refractivity contribution in [1.82, 2.24) is 9.80 Å². The zero-order valence-corrected chi connectivity index (χ0v) is 17.1. The number of hydrogen-bond donors (Lipinski definition) is 0. The summed E-state index contributed by atoms with van der Waals surface area (Å²) in [6.07, 6.45) is 0. The third-order valence-electron chi connectivity index (χ3n) is 3.02. The van der Waals surface area contributed by atoms with Crippen LogP contribution in [0.4, 0.5) is 0 Å². The highest BCUT2D eigenvalue weighted by molar-refractivity contribution is 14.0. The fraction of sp³-hybridized carbons (Fsp3) is 0.533. The minimum atomic E-state index is -0.00262. The molecular formula is C15H25BrIN3. The number of hydrogen-bond acceptors (Lipinski definition) is 1. The van der Waals surface area contributed by atoms with Gasteiger partial charge in [-0.25, -0.2) is 0 Å². The van der Waals surface area contributed by atoms with Gasteiger partial charge in [-0.05, 0) is 11.6 Å². The van der Waals surface area contributed by atoms with Crippen molar-refractivity contribution in [3.05, 3.63) is 34.3 Å². The largest absolute Gasteiger partial charge is 0.349 e. The summed E-state index contributed by atoms with van der Waals surface area (Å²) in [5.74, 6) is 0.986. The van der Waals surface area contributed by atoms with Crippen LogP contribution < -0.4 is 0 Å². The molecule has 0 amide bonds. The molecule has 114 valence electrons. The van der Waals surface area contributed by atoms with Crippen LogP contribution >= 0.6 is 39.9 Å². The molecule has 0 saturated heterocycles. The van der Waals surface area contributed by atoms with Gasteiger partial charge in [0.15, 0.2) is 5.96 Å². The summed E-state index contributed by atoms with van der Waals surface area (Å²) >= 11 is 3.63. The second-order valence-corrected chi connectivity index (χ2v) is 6.62. The summed E-state index contributed by atoms with van der Waals surface area (Å²) in [4.78, 5) is 8.84. The van der Waals surface area contributed by atoms with E-state index in [9.17, 15) is 0 Å². The van der Waals surface area contributed by atoms with E-state index >= 15 is 0 Å². The van der Waals surface area contributed by atoms with E-state index in [2.05, 4.69) is 48.0 Å². The van der Waals surface area contributed by atoms with Crippen LogP contribution in [0.1, 0.15) is 19.4 Å². The normalized spacial score (nSPS) is 10.6. The summed E-state index contributed by atoms with van der Waals surface area (Å²) in [5.41, 5.74) is 1.28. The number of nitrogens with zero attached hydrogens (tertiary/aromatic N) is 3. The van der Waals surface area contributed by atoms with E-state index in [-0.39, 0.29) is 29.4 Å². The quantitative estimate of drug-likeness (QED) is 0.393. The molecule has 0 aliphatic carbocycles. The molecule has 0 aromatic heterocycles. The van der Waals surface area contributed by atoms with Gasteiger partial charge in [0, 0.05) is 38.1 Å². The SMILES string of the molecule is CN(C)C(=NCC(C)(C)c1ccccc1Br)N(C)C.I. The molecular weight excluding hydrogens is 429 g/mol. The van der Waals surface area contributed by atoms with Gasteiger partial charge >= 0.3 is 0 Å². The van der Waals surface area contributed by atoms with Crippen molar-refractivity contribution in [2.24, 2.45) is 4.99 Å². The van der Waals surface area contributed by atoms with Crippen LogP contribution in [0.15, 0.2) is 33.7 Å². The maximum absolute atomic E-state index is 4.76. The van der Waals surface area contributed by atoms with E-state index in [0.717, 1.165) is 17.0 Å². The van der Waals surface area contributed by atoms with Gasteiger partial charge in [-0.1, -0.05) is 48.0 Å². The molecule has 0 atom stereocenters. The molecule has 0 radical (unpaired) electrons. The molecule has 0 spiro atoms. The monoisotopic (exact) mass is 453 g/mol. The molecule has 0 N–H and O–H groups in total. The molecule has 0 fully saturated rings. The van der Waals surface area contributed by atoms with E-state index in [1.807, 2.05) is 44.1 Å². The van der Waals surface area contributed by atoms with Gasteiger partial charge < -0.3 is 9.80 Å². The molecule has 1 aromatic rings. The average Bonchev–Trinajstić information content (AvgIpc) is 2.28. The van der Waals surface area contributed by atoms with Gasteiger partial charge in [-0.3, -0.25) is 4.99 Å². The second kappa shape index (κ2) is 8.22. The standard InChI is InChI=1S/C15H24BrN3.HI/c1-15(2,12-9-7-8-10-13(12)16)11-17-14(18(3)4)19(5)6;/h7-10H,11H2,1-6H3;1H. The molecule has 0 unspecified atom stereocenters. The molecule has 5 heteroatoms. The highest BCUT2D eigenvalue weighted by Gasteiger charge is 2.23. The van der Waals surface area contributed by atoms with Crippen LogP contribution in [0.3, 0.4) is 0 Å². The predicted octanol–water partition coefficient (Wildman–Crippen LogP) is 3.82. The Bertz CT molecular complexity index is 446. The highest BCUT2D eigenvalue weighted by Crippen LogP contribution is 2.30. The Morgan fingerprint density at radius 2 is 1.60 bits per heavy atom. The van der Waals surface area contributed by atoms with Crippen LogP contribution in [0, 0.1) is 0 Å². The zero-order valence-electron chi connectivity index (χ0n) is 13.1. The lowest BCUT2D eigenvalue weighted by Crippen LogP contribution is -2.36. The molecule has 1 aromatic carbocycles. The average molecular weight is 454 g/mol. The Balaban J connectivity index is 0.00000361. The molecule has 0 heterocycles. The second-order valence-electron chi connectivity index (χ2n) is 5.77. The van der Waals surface area contributed by atoms with E-state index in [0.29, 0.717) is 0 Å². The third-order valence-corrected chi connectivity index (χ3v) is 3.71. The summed E-state index contributed by atoms with van der Waals surface area (Å²) in [6, 6.07) is 8.35. The molecule has 20 heavy (non-hydrogen) atoms. The minimum Gasteiger partial charge on any atom is -0.349 e. The van der Waals surface area contributed by atoms with Crippen molar-refractivity contribution in [1.29, 1.82) is 0 Å². The first-order valence-electron chi connectivity index (χ1n) is 6.40. The van der Waals surface area contributed by atoms with Crippen LogP contribution in [0.5, 0.6) is 0 Å². The number of guanidine groups is 1. The number of halogens is 2. The fourth-order valence-electron chi connectivity index (χ4n) is 2.05. The van der Waals surface area contributed by atoms with E-state index in [4.69, 9.17) is 4.99 Å². The summed E-state index contributed by atoms with van der Waals surface area (Å²) in [6.45, 7) is 5.19. The fourth-order valence-corrected chi connectivity index (χ4v) is 2.87. The third kappa shape index (κ3) is 5.24. The smallest absolute Gasteiger partial charge is 0.195 e. The molecule has 1 rings (SSSR count). The molecule has 0 bridgehead atoms. The van der Waals surface area contributed by atoms with Gasteiger partial charge in [0.2, 0.25) is 0 Å².